The van der Waals surface area contributed by atoms with Gasteiger partial charge in [-0.25, -0.2) is 0 Å². The zero-order chi connectivity index (χ0) is 11.4. The van der Waals surface area contributed by atoms with E-state index in [1.807, 2.05) is 39.0 Å². The molecule has 15 heavy (non-hydrogen) atoms. The first-order valence-electron chi connectivity index (χ1n) is 5.18. The minimum absolute atomic E-state index is 0.0325. The molecule has 3 nitrogen and oxygen atoms in total. The number of carbonyl (C=O) groups excluding carboxylic acids is 1. The van der Waals surface area contributed by atoms with Crippen molar-refractivity contribution in [3.63, 3.8) is 0 Å². The molecule has 0 radical (unpaired) electrons. The third-order valence-corrected chi connectivity index (χ3v) is 2.50. The van der Waals surface area contributed by atoms with Gasteiger partial charge in [0.15, 0.2) is 0 Å². The SMILES string of the molecule is CCN(C(=O)CN)c1c(C)cccc1C. The predicted octanol–water partition coefficient (Wildman–Crippen LogP) is 1.62. The Kier molecular flexibility index (Phi) is 3.86. The van der Waals surface area contributed by atoms with Gasteiger partial charge in [0.05, 0.1) is 6.54 Å². The molecule has 0 saturated heterocycles. The second kappa shape index (κ2) is 4.94. The van der Waals surface area contributed by atoms with E-state index in [4.69, 9.17) is 5.73 Å². The molecule has 0 heterocycles. The van der Waals surface area contributed by atoms with E-state index in [1.165, 1.54) is 0 Å². The molecule has 0 aromatic heterocycles. The van der Waals surface area contributed by atoms with Crippen LogP contribution >= 0.6 is 0 Å². The number of nitrogens with two attached hydrogens (primary N) is 1. The molecule has 2 N–H and O–H groups in total. The number of likely N-dealkylation sites (N-methyl/N-ethyl adjacent to an activating group) is 1. The number of rotatable bonds is 3. The van der Waals surface area contributed by atoms with Crippen LogP contribution in [-0.4, -0.2) is 19.0 Å². The van der Waals surface area contributed by atoms with Gasteiger partial charge >= 0.3 is 0 Å². The van der Waals surface area contributed by atoms with Crippen LogP contribution in [-0.2, 0) is 4.79 Å². The van der Waals surface area contributed by atoms with Crippen molar-refractivity contribution in [3.8, 4) is 0 Å². The Morgan fingerprint density at radius 3 is 2.27 bits per heavy atom. The van der Waals surface area contributed by atoms with Crippen molar-refractivity contribution >= 4 is 11.6 Å². The minimum Gasteiger partial charge on any atom is -0.322 e. The third-order valence-electron chi connectivity index (χ3n) is 2.50. The van der Waals surface area contributed by atoms with Gasteiger partial charge in [-0.3, -0.25) is 4.79 Å². The number of benzene rings is 1. The Morgan fingerprint density at radius 1 is 1.33 bits per heavy atom. The highest BCUT2D eigenvalue weighted by atomic mass is 16.2. The van der Waals surface area contributed by atoms with Crippen molar-refractivity contribution in [3.05, 3.63) is 29.3 Å². The fraction of sp³-hybridized carbons (Fsp3) is 0.417. The smallest absolute Gasteiger partial charge is 0.240 e. The van der Waals surface area contributed by atoms with Crippen molar-refractivity contribution < 1.29 is 4.79 Å². The predicted molar refractivity (Wildman–Crippen MR) is 63.0 cm³/mol. The van der Waals surface area contributed by atoms with Crippen LogP contribution in [0.15, 0.2) is 18.2 Å². The first kappa shape index (κ1) is 11.7. The molecule has 0 atom stereocenters. The Labute approximate surface area is 90.9 Å². The number of hydrogen-bond donors (Lipinski definition) is 1. The zero-order valence-electron chi connectivity index (χ0n) is 9.58. The average molecular weight is 206 g/mol. The first-order valence-corrected chi connectivity index (χ1v) is 5.18. The van der Waals surface area contributed by atoms with E-state index in [1.54, 1.807) is 4.90 Å². The summed E-state index contributed by atoms with van der Waals surface area (Å²) >= 11 is 0. The fourth-order valence-corrected chi connectivity index (χ4v) is 1.80. The van der Waals surface area contributed by atoms with Crippen LogP contribution in [0, 0.1) is 13.8 Å². The van der Waals surface area contributed by atoms with Crippen molar-refractivity contribution in [2.75, 3.05) is 18.0 Å². The molecule has 1 aromatic carbocycles. The summed E-state index contributed by atoms with van der Waals surface area (Å²) in [5.41, 5.74) is 8.61. The van der Waals surface area contributed by atoms with Crippen molar-refractivity contribution in [1.29, 1.82) is 0 Å². The molecular weight excluding hydrogens is 188 g/mol. The summed E-state index contributed by atoms with van der Waals surface area (Å²) in [6, 6.07) is 6.01. The lowest BCUT2D eigenvalue weighted by molar-refractivity contribution is -0.117. The van der Waals surface area contributed by atoms with Crippen LogP contribution < -0.4 is 10.6 Å². The van der Waals surface area contributed by atoms with Gasteiger partial charge in [0, 0.05) is 12.2 Å². The van der Waals surface area contributed by atoms with Crippen molar-refractivity contribution in [2.45, 2.75) is 20.8 Å². The molecular formula is C12H18N2O. The van der Waals surface area contributed by atoms with Gasteiger partial charge in [0.1, 0.15) is 0 Å². The summed E-state index contributed by atoms with van der Waals surface area (Å²) in [6.07, 6.45) is 0. The molecule has 0 spiro atoms. The Hall–Kier alpha value is -1.35. The second-order valence-electron chi connectivity index (χ2n) is 3.58. The second-order valence-corrected chi connectivity index (χ2v) is 3.58. The van der Waals surface area contributed by atoms with Gasteiger partial charge < -0.3 is 10.6 Å². The molecule has 1 aromatic rings. The van der Waals surface area contributed by atoms with Gasteiger partial charge in [0.2, 0.25) is 5.91 Å². The molecule has 1 amide bonds. The molecule has 0 unspecified atom stereocenters. The van der Waals surface area contributed by atoms with Gasteiger partial charge in [-0.1, -0.05) is 18.2 Å². The van der Waals surface area contributed by atoms with E-state index in [2.05, 4.69) is 0 Å². The maximum absolute atomic E-state index is 11.6. The lowest BCUT2D eigenvalue weighted by Gasteiger charge is -2.24. The first-order chi connectivity index (χ1) is 7.11. The van der Waals surface area contributed by atoms with Gasteiger partial charge in [-0.05, 0) is 31.9 Å². The molecule has 0 bridgehead atoms. The highest BCUT2D eigenvalue weighted by Gasteiger charge is 2.15. The zero-order valence-corrected chi connectivity index (χ0v) is 9.58. The molecule has 1 rings (SSSR count). The Balaban J connectivity index is 3.17. The van der Waals surface area contributed by atoms with Crippen molar-refractivity contribution in [2.24, 2.45) is 5.73 Å². The maximum Gasteiger partial charge on any atom is 0.240 e. The van der Waals surface area contributed by atoms with Crippen LogP contribution in [0.3, 0.4) is 0 Å². The minimum atomic E-state index is -0.0325. The average Bonchev–Trinajstić information content (AvgIpc) is 2.22. The number of para-hydroxylation sites is 1. The number of anilines is 1. The van der Waals surface area contributed by atoms with Crippen LogP contribution in [0.1, 0.15) is 18.1 Å². The Bertz CT molecular complexity index is 340. The Morgan fingerprint density at radius 2 is 1.87 bits per heavy atom. The van der Waals surface area contributed by atoms with E-state index in [9.17, 15) is 4.79 Å². The van der Waals surface area contributed by atoms with Gasteiger partial charge in [0.25, 0.3) is 0 Å². The molecule has 0 aliphatic rings. The highest BCUT2D eigenvalue weighted by Crippen LogP contribution is 2.24. The van der Waals surface area contributed by atoms with E-state index >= 15 is 0 Å². The number of aryl methyl sites for hydroxylation is 2. The quantitative estimate of drug-likeness (QED) is 0.816. The summed E-state index contributed by atoms with van der Waals surface area (Å²) in [4.78, 5) is 13.4. The lowest BCUT2D eigenvalue weighted by Crippen LogP contribution is -2.36. The fourth-order valence-electron chi connectivity index (χ4n) is 1.80. The van der Waals surface area contributed by atoms with E-state index in [0.29, 0.717) is 6.54 Å². The monoisotopic (exact) mass is 206 g/mol. The topological polar surface area (TPSA) is 46.3 Å². The highest BCUT2D eigenvalue weighted by molar-refractivity contribution is 5.96. The maximum atomic E-state index is 11.6. The van der Waals surface area contributed by atoms with Crippen LogP contribution in [0.4, 0.5) is 5.69 Å². The van der Waals surface area contributed by atoms with Crippen LogP contribution in [0.5, 0.6) is 0 Å². The molecule has 3 heteroatoms. The number of amides is 1. The molecule has 0 saturated carbocycles. The molecule has 0 fully saturated rings. The summed E-state index contributed by atoms with van der Waals surface area (Å²) in [7, 11) is 0. The van der Waals surface area contributed by atoms with E-state index < -0.39 is 0 Å². The van der Waals surface area contributed by atoms with Crippen LogP contribution in [0.25, 0.3) is 0 Å². The lowest BCUT2D eigenvalue weighted by atomic mass is 10.1. The normalized spacial score (nSPS) is 10.1. The number of nitrogens with zero attached hydrogens (tertiary/aromatic N) is 1. The summed E-state index contributed by atoms with van der Waals surface area (Å²) in [5.74, 6) is -0.0325. The summed E-state index contributed by atoms with van der Waals surface area (Å²) in [5, 5.41) is 0. The third kappa shape index (κ3) is 2.36. The van der Waals surface area contributed by atoms with E-state index in [-0.39, 0.29) is 12.5 Å². The largest absolute Gasteiger partial charge is 0.322 e. The van der Waals surface area contributed by atoms with Crippen molar-refractivity contribution in [1.82, 2.24) is 0 Å². The van der Waals surface area contributed by atoms with E-state index in [0.717, 1.165) is 16.8 Å². The standard InChI is InChI=1S/C12H18N2O/c1-4-14(11(15)8-13)12-9(2)6-5-7-10(12)3/h5-7H,4,8,13H2,1-3H3. The number of hydrogen-bond acceptors (Lipinski definition) is 2. The van der Waals surface area contributed by atoms with Gasteiger partial charge in [-0.15, -0.1) is 0 Å². The molecule has 82 valence electrons. The van der Waals surface area contributed by atoms with Gasteiger partial charge in [-0.2, -0.15) is 0 Å². The molecule has 0 aliphatic heterocycles. The summed E-state index contributed by atoms with van der Waals surface area (Å²) in [6.45, 7) is 6.69. The summed E-state index contributed by atoms with van der Waals surface area (Å²) < 4.78 is 0. The molecule has 0 aliphatic carbocycles. The number of carbonyl (C=O) groups is 1. The van der Waals surface area contributed by atoms with Crippen LogP contribution in [0.2, 0.25) is 0 Å².